The first-order valence-electron chi connectivity index (χ1n) is 8.03. The predicted octanol–water partition coefficient (Wildman–Crippen LogP) is 4.31. The summed E-state index contributed by atoms with van der Waals surface area (Å²) >= 11 is 11.9. The van der Waals surface area contributed by atoms with Crippen LogP contribution in [0.2, 0.25) is 10.0 Å². The van der Waals surface area contributed by atoms with Gasteiger partial charge in [0, 0.05) is 22.7 Å². The van der Waals surface area contributed by atoms with Crippen molar-refractivity contribution in [1.82, 2.24) is 14.4 Å². The third-order valence-corrected chi connectivity index (χ3v) is 6.38. The van der Waals surface area contributed by atoms with Gasteiger partial charge in [0.1, 0.15) is 0 Å². The van der Waals surface area contributed by atoms with E-state index in [1.807, 2.05) is 31.2 Å². The second-order valence-corrected chi connectivity index (χ2v) is 8.99. The van der Waals surface area contributed by atoms with E-state index in [9.17, 15) is 8.42 Å². The van der Waals surface area contributed by atoms with Crippen molar-refractivity contribution in [2.45, 2.75) is 19.2 Å². The third kappa shape index (κ3) is 4.68. The number of halogens is 2. The van der Waals surface area contributed by atoms with E-state index in [1.165, 1.54) is 13.1 Å². The van der Waals surface area contributed by atoms with Gasteiger partial charge in [0.15, 0.2) is 0 Å². The van der Waals surface area contributed by atoms with Gasteiger partial charge in [0.25, 0.3) is 0 Å². The summed E-state index contributed by atoms with van der Waals surface area (Å²) in [6.45, 7) is 1.91. The van der Waals surface area contributed by atoms with Crippen LogP contribution in [0.5, 0.6) is 0 Å². The molecule has 0 N–H and O–H groups in total. The largest absolute Gasteiger partial charge is 0.338 e. The molecule has 0 radical (unpaired) electrons. The molecule has 0 atom stereocenters. The van der Waals surface area contributed by atoms with Gasteiger partial charge in [-0.2, -0.15) is 9.29 Å². The Morgan fingerprint density at radius 2 is 1.89 bits per heavy atom. The van der Waals surface area contributed by atoms with E-state index in [4.69, 9.17) is 27.7 Å². The van der Waals surface area contributed by atoms with Crippen molar-refractivity contribution >= 4 is 33.2 Å². The van der Waals surface area contributed by atoms with Crippen LogP contribution in [0.1, 0.15) is 17.0 Å². The fraction of sp³-hybridized carbons (Fsp3) is 0.222. The maximum Gasteiger partial charge on any atom is 0.242 e. The molecule has 1 aromatic heterocycles. The van der Waals surface area contributed by atoms with E-state index < -0.39 is 10.0 Å². The highest BCUT2D eigenvalue weighted by Gasteiger charge is 2.23. The fourth-order valence-corrected chi connectivity index (χ4v) is 4.21. The lowest BCUT2D eigenvalue weighted by Crippen LogP contribution is -2.28. The summed E-state index contributed by atoms with van der Waals surface area (Å²) in [6.07, 6.45) is 0. The summed E-state index contributed by atoms with van der Waals surface area (Å²) in [7, 11) is -2.18. The Balaban J connectivity index is 1.75. The summed E-state index contributed by atoms with van der Waals surface area (Å²) in [4.78, 5) is 4.30. The monoisotopic (exact) mass is 425 g/mol. The third-order valence-electron chi connectivity index (χ3n) is 4.04. The molecule has 0 saturated carbocycles. The first-order chi connectivity index (χ1) is 12.8. The molecule has 0 amide bonds. The lowest BCUT2D eigenvalue weighted by Gasteiger charge is -2.15. The molecule has 1 heterocycles. The number of sulfonamides is 1. The van der Waals surface area contributed by atoms with Crippen LogP contribution in [-0.2, 0) is 22.3 Å². The van der Waals surface area contributed by atoms with Gasteiger partial charge in [0.05, 0.1) is 12.3 Å². The second kappa shape index (κ2) is 7.98. The minimum atomic E-state index is -3.63. The van der Waals surface area contributed by atoms with Crippen LogP contribution in [0.25, 0.3) is 11.4 Å². The average molecular weight is 426 g/mol. The number of nitrogens with zero attached hydrogens (tertiary/aromatic N) is 3. The molecule has 3 aromatic rings. The van der Waals surface area contributed by atoms with Crippen LogP contribution < -0.4 is 0 Å². The molecule has 0 aliphatic carbocycles. The van der Waals surface area contributed by atoms with E-state index in [0.29, 0.717) is 21.4 Å². The molecule has 0 fully saturated rings. The Labute approximate surface area is 167 Å². The van der Waals surface area contributed by atoms with E-state index in [2.05, 4.69) is 10.1 Å². The molecule has 9 heteroatoms. The molecule has 6 nitrogen and oxygen atoms in total. The minimum absolute atomic E-state index is 0.0353. The van der Waals surface area contributed by atoms with Crippen molar-refractivity contribution in [3.05, 3.63) is 69.5 Å². The van der Waals surface area contributed by atoms with Crippen LogP contribution >= 0.6 is 23.2 Å². The zero-order chi connectivity index (χ0) is 19.6. The quantitative estimate of drug-likeness (QED) is 0.587. The zero-order valence-corrected chi connectivity index (χ0v) is 17.0. The molecule has 0 aliphatic rings. The molecule has 0 spiro atoms. The summed E-state index contributed by atoms with van der Waals surface area (Å²) in [5.74, 6) is 0.384. The number of benzene rings is 2. The molecular formula is C18H17Cl2N3O3S. The van der Waals surface area contributed by atoms with Gasteiger partial charge >= 0.3 is 0 Å². The lowest BCUT2D eigenvalue weighted by molar-refractivity contribution is 0.336. The van der Waals surface area contributed by atoms with Gasteiger partial charge in [-0.25, -0.2) is 8.42 Å². The van der Waals surface area contributed by atoms with Crippen molar-refractivity contribution in [3.8, 4) is 11.4 Å². The number of rotatable bonds is 6. The Hall–Kier alpha value is -1.93. The average Bonchev–Trinajstić information content (AvgIpc) is 3.06. The van der Waals surface area contributed by atoms with Gasteiger partial charge in [-0.15, -0.1) is 0 Å². The normalized spacial score (nSPS) is 11.9. The second-order valence-electron chi connectivity index (χ2n) is 6.07. The summed E-state index contributed by atoms with van der Waals surface area (Å²) in [5, 5.41) is 4.70. The molecule has 0 saturated heterocycles. The minimum Gasteiger partial charge on any atom is -0.338 e. The van der Waals surface area contributed by atoms with Crippen molar-refractivity contribution in [2.75, 3.05) is 7.05 Å². The number of hydrogen-bond acceptors (Lipinski definition) is 5. The highest BCUT2D eigenvalue weighted by molar-refractivity contribution is 7.88. The maximum absolute atomic E-state index is 12.6. The van der Waals surface area contributed by atoms with Crippen LogP contribution in [0.3, 0.4) is 0 Å². The molecule has 3 rings (SSSR count). The standard InChI is InChI=1S/C18H17Cl2N3O3S/c1-12-5-3-4-6-15(12)18-21-17(26-22-18)10-23(2)27(24,25)11-13-7-8-14(19)9-16(13)20/h3-9H,10-11H2,1-2H3. The van der Waals surface area contributed by atoms with Gasteiger partial charge in [0.2, 0.25) is 21.7 Å². The van der Waals surface area contributed by atoms with Crippen molar-refractivity contribution in [1.29, 1.82) is 0 Å². The molecular weight excluding hydrogens is 409 g/mol. The van der Waals surface area contributed by atoms with E-state index in [-0.39, 0.29) is 18.2 Å². The number of hydrogen-bond donors (Lipinski definition) is 0. The highest BCUT2D eigenvalue weighted by atomic mass is 35.5. The van der Waals surface area contributed by atoms with E-state index in [0.717, 1.165) is 15.4 Å². The SMILES string of the molecule is Cc1ccccc1-c1noc(CN(C)S(=O)(=O)Cc2ccc(Cl)cc2Cl)n1. The van der Waals surface area contributed by atoms with E-state index >= 15 is 0 Å². The number of aryl methyl sites for hydroxylation is 1. The molecule has 0 bridgehead atoms. The summed E-state index contributed by atoms with van der Waals surface area (Å²) in [6, 6.07) is 12.3. The van der Waals surface area contributed by atoms with Crippen LogP contribution in [0.4, 0.5) is 0 Å². The Morgan fingerprint density at radius 1 is 1.15 bits per heavy atom. The van der Waals surface area contributed by atoms with Crippen molar-refractivity contribution < 1.29 is 12.9 Å². The van der Waals surface area contributed by atoms with Gasteiger partial charge in [-0.1, -0.05) is 58.7 Å². The number of aromatic nitrogens is 2. The van der Waals surface area contributed by atoms with Crippen LogP contribution in [-0.4, -0.2) is 29.9 Å². The Morgan fingerprint density at radius 3 is 2.59 bits per heavy atom. The Bertz CT molecular complexity index is 1070. The van der Waals surface area contributed by atoms with Crippen molar-refractivity contribution in [3.63, 3.8) is 0 Å². The zero-order valence-electron chi connectivity index (χ0n) is 14.7. The molecule has 27 heavy (non-hydrogen) atoms. The Kier molecular flexibility index (Phi) is 5.86. The lowest BCUT2D eigenvalue weighted by atomic mass is 10.1. The van der Waals surface area contributed by atoms with Gasteiger partial charge in [-0.05, 0) is 30.2 Å². The van der Waals surface area contributed by atoms with Gasteiger partial charge in [-0.3, -0.25) is 0 Å². The first kappa shape index (κ1) is 19.8. The first-order valence-corrected chi connectivity index (χ1v) is 10.4. The highest BCUT2D eigenvalue weighted by Crippen LogP contribution is 2.24. The van der Waals surface area contributed by atoms with Gasteiger partial charge < -0.3 is 4.52 Å². The molecule has 142 valence electrons. The predicted molar refractivity (Wildman–Crippen MR) is 105 cm³/mol. The fourth-order valence-electron chi connectivity index (χ4n) is 2.49. The van der Waals surface area contributed by atoms with Crippen LogP contribution in [0.15, 0.2) is 47.0 Å². The van der Waals surface area contributed by atoms with E-state index in [1.54, 1.807) is 12.1 Å². The topological polar surface area (TPSA) is 76.3 Å². The molecule has 0 unspecified atom stereocenters. The summed E-state index contributed by atoms with van der Waals surface area (Å²) < 4.78 is 31.6. The maximum atomic E-state index is 12.6. The van der Waals surface area contributed by atoms with Crippen molar-refractivity contribution in [2.24, 2.45) is 0 Å². The molecule has 2 aromatic carbocycles. The van der Waals surface area contributed by atoms with Crippen LogP contribution in [0, 0.1) is 6.92 Å². The summed E-state index contributed by atoms with van der Waals surface area (Å²) in [5.41, 5.74) is 2.31. The molecule has 0 aliphatic heterocycles. The smallest absolute Gasteiger partial charge is 0.242 e.